The number of hydrogen-bond acceptors (Lipinski definition) is 3. The van der Waals surface area contributed by atoms with Gasteiger partial charge in [0.2, 0.25) is 0 Å². The average Bonchev–Trinajstić information content (AvgIpc) is 2.38. The van der Waals surface area contributed by atoms with E-state index in [9.17, 15) is 9.18 Å². The molecule has 0 radical (unpaired) electrons. The van der Waals surface area contributed by atoms with Crippen LogP contribution in [0.25, 0.3) is 0 Å². The van der Waals surface area contributed by atoms with E-state index in [2.05, 4.69) is 10.5 Å². The molecular formula is C11H15FN4O2. The molecule has 0 aliphatic carbocycles. The fraction of sp³-hybridized carbons (Fsp3) is 0.273. The lowest BCUT2D eigenvalue weighted by atomic mass is 10.3. The summed E-state index contributed by atoms with van der Waals surface area (Å²) in [6, 6.07) is 4.98. The zero-order valence-corrected chi connectivity index (χ0v) is 9.93. The summed E-state index contributed by atoms with van der Waals surface area (Å²) < 4.78 is 12.7. The van der Waals surface area contributed by atoms with Gasteiger partial charge in [-0.3, -0.25) is 0 Å². The van der Waals surface area contributed by atoms with Crippen molar-refractivity contribution in [3.8, 4) is 0 Å². The van der Waals surface area contributed by atoms with Gasteiger partial charge in [0.25, 0.3) is 0 Å². The van der Waals surface area contributed by atoms with Gasteiger partial charge in [0, 0.05) is 12.2 Å². The molecule has 98 valence electrons. The number of halogens is 1. The van der Waals surface area contributed by atoms with Crippen LogP contribution in [0.1, 0.15) is 6.92 Å². The van der Waals surface area contributed by atoms with E-state index in [4.69, 9.17) is 10.9 Å². The van der Waals surface area contributed by atoms with Gasteiger partial charge in [-0.2, -0.15) is 0 Å². The van der Waals surface area contributed by atoms with Gasteiger partial charge in [-0.1, -0.05) is 5.16 Å². The van der Waals surface area contributed by atoms with Crippen LogP contribution in [0.5, 0.6) is 0 Å². The number of anilines is 1. The summed E-state index contributed by atoms with van der Waals surface area (Å²) in [6.45, 7) is 2.16. The van der Waals surface area contributed by atoms with Gasteiger partial charge in [-0.15, -0.1) is 0 Å². The van der Waals surface area contributed by atoms with Crippen LogP contribution in [0, 0.1) is 5.82 Å². The molecule has 0 bridgehead atoms. The third kappa shape index (κ3) is 3.93. The standard InChI is InChI=1S/C11H15FN4O2/c1-2-16(7-10(13)15-18)11(17)14-9-5-3-8(12)4-6-9/h3-6,18H,2,7H2,1H3,(H2,13,15)(H,14,17). The molecule has 0 atom stereocenters. The highest BCUT2D eigenvalue weighted by atomic mass is 19.1. The molecule has 1 aromatic rings. The van der Waals surface area contributed by atoms with Gasteiger partial charge < -0.3 is 21.2 Å². The molecule has 6 nitrogen and oxygen atoms in total. The number of nitrogens with zero attached hydrogens (tertiary/aromatic N) is 2. The lowest BCUT2D eigenvalue weighted by Crippen LogP contribution is -2.40. The van der Waals surface area contributed by atoms with Crippen LogP contribution in [-0.4, -0.2) is 35.1 Å². The number of hydrogen-bond donors (Lipinski definition) is 3. The van der Waals surface area contributed by atoms with Gasteiger partial charge in [0.15, 0.2) is 5.84 Å². The number of likely N-dealkylation sites (N-methyl/N-ethyl adjacent to an activating group) is 1. The number of oxime groups is 1. The monoisotopic (exact) mass is 254 g/mol. The Hall–Kier alpha value is -2.31. The van der Waals surface area contributed by atoms with Gasteiger partial charge in [-0.05, 0) is 31.2 Å². The first-order valence-corrected chi connectivity index (χ1v) is 5.34. The zero-order valence-electron chi connectivity index (χ0n) is 9.93. The topological polar surface area (TPSA) is 90.9 Å². The number of rotatable bonds is 4. The van der Waals surface area contributed by atoms with Gasteiger partial charge in [0.1, 0.15) is 5.82 Å². The summed E-state index contributed by atoms with van der Waals surface area (Å²) in [6.07, 6.45) is 0. The molecule has 7 heteroatoms. The lowest BCUT2D eigenvalue weighted by molar-refractivity contribution is 0.220. The number of nitrogens with one attached hydrogen (secondary N) is 1. The van der Waals surface area contributed by atoms with Crippen LogP contribution in [0.2, 0.25) is 0 Å². The summed E-state index contributed by atoms with van der Waals surface area (Å²) in [5, 5.41) is 13.8. The van der Waals surface area contributed by atoms with Crippen LogP contribution in [0.4, 0.5) is 14.9 Å². The Kier molecular flexibility index (Phi) is 4.91. The van der Waals surface area contributed by atoms with Crippen molar-refractivity contribution in [1.82, 2.24) is 4.90 Å². The minimum absolute atomic E-state index is 0.0139. The van der Waals surface area contributed by atoms with Gasteiger partial charge in [-0.25, -0.2) is 9.18 Å². The maximum Gasteiger partial charge on any atom is 0.322 e. The van der Waals surface area contributed by atoms with Crippen molar-refractivity contribution < 1.29 is 14.4 Å². The third-order valence-electron chi connectivity index (χ3n) is 2.25. The number of benzene rings is 1. The van der Waals surface area contributed by atoms with Crippen LogP contribution >= 0.6 is 0 Å². The predicted octanol–water partition coefficient (Wildman–Crippen LogP) is 1.43. The van der Waals surface area contributed by atoms with Crippen molar-refractivity contribution >= 4 is 17.6 Å². The molecule has 0 heterocycles. The van der Waals surface area contributed by atoms with Crippen molar-refractivity contribution in [2.45, 2.75) is 6.92 Å². The minimum Gasteiger partial charge on any atom is -0.409 e. The van der Waals surface area contributed by atoms with Crippen molar-refractivity contribution in [3.63, 3.8) is 0 Å². The molecule has 0 spiro atoms. The summed E-state index contributed by atoms with van der Waals surface area (Å²) >= 11 is 0. The maximum absolute atomic E-state index is 12.7. The SMILES string of the molecule is CCN(CC(N)=NO)C(=O)Nc1ccc(F)cc1. The number of urea groups is 1. The largest absolute Gasteiger partial charge is 0.409 e. The Labute approximate surface area is 104 Å². The summed E-state index contributed by atoms with van der Waals surface area (Å²) in [5.74, 6) is -0.442. The Morgan fingerprint density at radius 3 is 2.61 bits per heavy atom. The quantitative estimate of drug-likeness (QED) is 0.328. The van der Waals surface area contributed by atoms with Crippen molar-refractivity contribution in [2.24, 2.45) is 10.9 Å². The minimum atomic E-state index is -0.407. The molecule has 0 aromatic heterocycles. The summed E-state index contributed by atoms with van der Waals surface area (Å²) in [4.78, 5) is 13.2. The van der Waals surface area contributed by atoms with E-state index in [-0.39, 0.29) is 18.2 Å². The van der Waals surface area contributed by atoms with E-state index in [0.717, 1.165) is 0 Å². The molecule has 0 aliphatic rings. The van der Waals surface area contributed by atoms with Crippen molar-refractivity contribution in [2.75, 3.05) is 18.4 Å². The van der Waals surface area contributed by atoms with E-state index in [1.165, 1.54) is 29.2 Å². The highest BCUT2D eigenvalue weighted by Crippen LogP contribution is 2.09. The van der Waals surface area contributed by atoms with E-state index >= 15 is 0 Å². The van der Waals surface area contributed by atoms with Crippen molar-refractivity contribution in [3.05, 3.63) is 30.1 Å². The van der Waals surface area contributed by atoms with Gasteiger partial charge >= 0.3 is 6.03 Å². The molecule has 18 heavy (non-hydrogen) atoms. The first-order chi connectivity index (χ1) is 8.56. The van der Waals surface area contributed by atoms with Crippen molar-refractivity contribution in [1.29, 1.82) is 0 Å². The Morgan fingerprint density at radius 2 is 2.11 bits per heavy atom. The lowest BCUT2D eigenvalue weighted by Gasteiger charge is -2.20. The number of amidine groups is 1. The number of carbonyl (C=O) groups is 1. The molecule has 1 aromatic carbocycles. The highest BCUT2D eigenvalue weighted by molar-refractivity contribution is 5.93. The zero-order chi connectivity index (χ0) is 13.5. The first-order valence-electron chi connectivity index (χ1n) is 5.34. The van der Waals surface area contributed by atoms with E-state index < -0.39 is 6.03 Å². The molecule has 0 unspecified atom stereocenters. The van der Waals surface area contributed by atoms with Crippen LogP contribution in [-0.2, 0) is 0 Å². The van der Waals surface area contributed by atoms with Crippen LogP contribution < -0.4 is 11.1 Å². The van der Waals surface area contributed by atoms with E-state index in [1.807, 2.05) is 0 Å². The summed E-state index contributed by atoms with van der Waals surface area (Å²) in [5.41, 5.74) is 5.80. The normalized spacial score (nSPS) is 11.1. The first kappa shape index (κ1) is 13.8. The van der Waals surface area contributed by atoms with Crippen LogP contribution in [0.3, 0.4) is 0 Å². The molecule has 4 N–H and O–H groups in total. The van der Waals surface area contributed by atoms with Crippen LogP contribution in [0.15, 0.2) is 29.4 Å². The smallest absolute Gasteiger partial charge is 0.322 e. The third-order valence-corrected chi connectivity index (χ3v) is 2.25. The second kappa shape index (κ2) is 6.43. The van der Waals surface area contributed by atoms with E-state index in [0.29, 0.717) is 12.2 Å². The predicted molar refractivity (Wildman–Crippen MR) is 66.1 cm³/mol. The maximum atomic E-state index is 12.7. The van der Waals surface area contributed by atoms with E-state index in [1.54, 1.807) is 6.92 Å². The fourth-order valence-electron chi connectivity index (χ4n) is 1.29. The molecule has 2 amide bonds. The second-order valence-electron chi connectivity index (χ2n) is 3.54. The Bertz CT molecular complexity index is 433. The Morgan fingerprint density at radius 1 is 1.50 bits per heavy atom. The molecule has 0 saturated heterocycles. The summed E-state index contributed by atoms with van der Waals surface area (Å²) in [7, 11) is 0. The Balaban J connectivity index is 2.65. The average molecular weight is 254 g/mol. The highest BCUT2D eigenvalue weighted by Gasteiger charge is 2.13. The molecule has 1 rings (SSSR count). The number of nitrogens with two attached hydrogens (primary N) is 1. The molecule has 0 fully saturated rings. The fourth-order valence-corrected chi connectivity index (χ4v) is 1.29. The molecular weight excluding hydrogens is 239 g/mol. The van der Waals surface area contributed by atoms with Gasteiger partial charge in [0.05, 0.1) is 6.54 Å². The number of amides is 2. The number of carbonyl (C=O) groups excluding carboxylic acids is 1. The molecule has 0 aliphatic heterocycles. The molecule has 0 saturated carbocycles. The second-order valence-corrected chi connectivity index (χ2v) is 3.54.